The standard InChI is InChI=1S/C18H28N2O2/c1-4-11-22-17-9-8-15(12-18(17)21-3)13-19-14-16-7-6-10-20(16)5-2/h4,8-9,12,16,19H,1,5-7,10-11,13-14H2,2-3H3/t16-/m0/s1. The van der Waals surface area contributed by atoms with Crippen LogP contribution in [0.5, 0.6) is 11.5 Å². The molecule has 4 nitrogen and oxygen atoms in total. The van der Waals surface area contributed by atoms with Crippen LogP contribution in [0.25, 0.3) is 0 Å². The number of likely N-dealkylation sites (tertiary alicyclic amines) is 1. The van der Waals surface area contributed by atoms with Crippen LogP contribution in [0, 0.1) is 0 Å². The van der Waals surface area contributed by atoms with E-state index < -0.39 is 0 Å². The average molecular weight is 304 g/mol. The molecule has 0 amide bonds. The Kier molecular flexibility index (Phi) is 6.74. The molecule has 2 rings (SSSR count). The quantitative estimate of drug-likeness (QED) is 0.711. The molecular weight excluding hydrogens is 276 g/mol. The zero-order valence-corrected chi connectivity index (χ0v) is 13.8. The minimum atomic E-state index is 0.489. The van der Waals surface area contributed by atoms with E-state index in [4.69, 9.17) is 9.47 Å². The molecule has 0 bridgehead atoms. The van der Waals surface area contributed by atoms with Crippen LogP contribution >= 0.6 is 0 Å². The summed E-state index contributed by atoms with van der Waals surface area (Å²) in [5, 5.41) is 3.57. The van der Waals surface area contributed by atoms with Crippen molar-refractivity contribution in [2.24, 2.45) is 0 Å². The minimum absolute atomic E-state index is 0.489. The summed E-state index contributed by atoms with van der Waals surface area (Å²) in [6.45, 7) is 10.7. The fourth-order valence-corrected chi connectivity index (χ4v) is 3.02. The van der Waals surface area contributed by atoms with E-state index in [1.165, 1.54) is 24.9 Å². The zero-order valence-electron chi connectivity index (χ0n) is 13.8. The van der Waals surface area contributed by atoms with Gasteiger partial charge in [-0.3, -0.25) is 4.90 Å². The van der Waals surface area contributed by atoms with Gasteiger partial charge in [-0.15, -0.1) is 0 Å². The van der Waals surface area contributed by atoms with Gasteiger partial charge in [0.2, 0.25) is 0 Å². The fraction of sp³-hybridized carbons (Fsp3) is 0.556. The largest absolute Gasteiger partial charge is 0.493 e. The average Bonchev–Trinajstić information content (AvgIpc) is 3.01. The Labute approximate surface area is 134 Å². The summed E-state index contributed by atoms with van der Waals surface area (Å²) in [6, 6.07) is 6.77. The molecule has 1 fully saturated rings. The maximum absolute atomic E-state index is 5.58. The van der Waals surface area contributed by atoms with Crippen LogP contribution in [-0.2, 0) is 6.54 Å². The lowest BCUT2D eigenvalue weighted by Crippen LogP contribution is -2.37. The third-order valence-corrected chi connectivity index (χ3v) is 4.20. The van der Waals surface area contributed by atoms with Crippen LogP contribution in [0.4, 0.5) is 0 Å². The Hall–Kier alpha value is -1.52. The predicted molar refractivity (Wildman–Crippen MR) is 90.7 cm³/mol. The van der Waals surface area contributed by atoms with Gasteiger partial charge in [-0.2, -0.15) is 0 Å². The van der Waals surface area contributed by atoms with Crippen molar-refractivity contribution in [1.82, 2.24) is 10.2 Å². The highest BCUT2D eigenvalue weighted by molar-refractivity contribution is 5.43. The first-order valence-electron chi connectivity index (χ1n) is 8.13. The van der Waals surface area contributed by atoms with E-state index in [0.717, 1.165) is 31.1 Å². The van der Waals surface area contributed by atoms with Crippen LogP contribution in [0.3, 0.4) is 0 Å². The molecule has 0 aliphatic carbocycles. The van der Waals surface area contributed by atoms with Crippen molar-refractivity contribution in [2.75, 3.05) is 33.4 Å². The molecule has 1 heterocycles. The zero-order chi connectivity index (χ0) is 15.8. The monoisotopic (exact) mass is 304 g/mol. The van der Waals surface area contributed by atoms with E-state index in [-0.39, 0.29) is 0 Å². The summed E-state index contributed by atoms with van der Waals surface area (Å²) < 4.78 is 11.0. The van der Waals surface area contributed by atoms with Crippen molar-refractivity contribution in [3.63, 3.8) is 0 Å². The number of nitrogens with zero attached hydrogens (tertiary/aromatic N) is 1. The molecule has 22 heavy (non-hydrogen) atoms. The highest BCUT2D eigenvalue weighted by atomic mass is 16.5. The predicted octanol–water partition coefficient (Wildman–Crippen LogP) is 2.83. The number of ether oxygens (including phenoxy) is 2. The fourth-order valence-electron chi connectivity index (χ4n) is 3.02. The molecular formula is C18H28N2O2. The van der Waals surface area contributed by atoms with E-state index in [2.05, 4.69) is 29.8 Å². The molecule has 1 atom stereocenters. The summed E-state index contributed by atoms with van der Waals surface area (Å²) in [7, 11) is 1.67. The number of nitrogens with one attached hydrogen (secondary N) is 1. The van der Waals surface area contributed by atoms with Crippen LogP contribution in [0.1, 0.15) is 25.3 Å². The Morgan fingerprint density at radius 1 is 1.41 bits per heavy atom. The highest BCUT2D eigenvalue weighted by Gasteiger charge is 2.22. The van der Waals surface area contributed by atoms with Gasteiger partial charge in [0.05, 0.1) is 7.11 Å². The molecule has 0 saturated carbocycles. The number of methoxy groups -OCH3 is 1. The number of rotatable bonds is 9. The number of hydrogen-bond donors (Lipinski definition) is 1. The van der Waals surface area contributed by atoms with Crippen molar-refractivity contribution < 1.29 is 9.47 Å². The van der Waals surface area contributed by atoms with E-state index >= 15 is 0 Å². The van der Waals surface area contributed by atoms with Gasteiger partial charge >= 0.3 is 0 Å². The van der Waals surface area contributed by atoms with Gasteiger partial charge in [0.25, 0.3) is 0 Å². The second kappa shape index (κ2) is 8.81. The third kappa shape index (κ3) is 4.49. The summed E-state index contributed by atoms with van der Waals surface area (Å²) >= 11 is 0. The molecule has 122 valence electrons. The first-order valence-corrected chi connectivity index (χ1v) is 8.13. The van der Waals surface area contributed by atoms with Gasteiger partial charge in [0.1, 0.15) is 6.61 Å². The lowest BCUT2D eigenvalue weighted by Gasteiger charge is -2.23. The van der Waals surface area contributed by atoms with Crippen molar-refractivity contribution in [3.05, 3.63) is 36.4 Å². The lowest BCUT2D eigenvalue weighted by atomic mass is 10.2. The molecule has 4 heteroatoms. The Morgan fingerprint density at radius 3 is 3.00 bits per heavy atom. The van der Waals surface area contributed by atoms with Gasteiger partial charge < -0.3 is 14.8 Å². The van der Waals surface area contributed by atoms with Crippen LogP contribution in [0.2, 0.25) is 0 Å². The maximum Gasteiger partial charge on any atom is 0.161 e. The topological polar surface area (TPSA) is 33.7 Å². The summed E-state index contributed by atoms with van der Waals surface area (Å²) in [4.78, 5) is 2.56. The molecule has 0 aromatic heterocycles. The second-order valence-corrected chi connectivity index (χ2v) is 5.64. The smallest absolute Gasteiger partial charge is 0.161 e. The maximum atomic E-state index is 5.58. The van der Waals surface area contributed by atoms with Gasteiger partial charge in [-0.05, 0) is 43.6 Å². The van der Waals surface area contributed by atoms with Crippen molar-refractivity contribution in [3.8, 4) is 11.5 Å². The SMILES string of the molecule is C=CCOc1ccc(CNC[C@@H]2CCCN2CC)cc1OC. The van der Waals surface area contributed by atoms with Gasteiger partial charge in [0, 0.05) is 19.1 Å². The normalized spacial score (nSPS) is 18.4. The molecule has 1 aliphatic heterocycles. The van der Waals surface area contributed by atoms with E-state index in [0.29, 0.717) is 12.6 Å². The summed E-state index contributed by atoms with van der Waals surface area (Å²) in [6.07, 6.45) is 4.36. The number of hydrogen-bond acceptors (Lipinski definition) is 4. The van der Waals surface area contributed by atoms with Crippen LogP contribution in [-0.4, -0.2) is 44.3 Å². The lowest BCUT2D eigenvalue weighted by molar-refractivity contribution is 0.260. The number of likely N-dealkylation sites (N-methyl/N-ethyl adjacent to an activating group) is 1. The molecule has 1 N–H and O–H groups in total. The van der Waals surface area contributed by atoms with Gasteiger partial charge in [0.15, 0.2) is 11.5 Å². The molecule has 1 aromatic rings. The molecule has 0 radical (unpaired) electrons. The molecule has 0 spiro atoms. The van der Waals surface area contributed by atoms with E-state index in [1.807, 2.05) is 12.1 Å². The van der Waals surface area contributed by atoms with Gasteiger partial charge in [-0.25, -0.2) is 0 Å². The van der Waals surface area contributed by atoms with Crippen molar-refractivity contribution in [1.29, 1.82) is 0 Å². The molecule has 1 saturated heterocycles. The Morgan fingerprint density at radius 2 is 2.27 bits per heavy atom. The van der Waals surface area contributed by atoms with Crippen LogP contribution < -0.4 is 14.8 Å². The highest BCUT2D eigenvalue weighted by Crippen LogP contribution is 2.28. The van der Waals surface area contributed by atoms with Crippen LogP contribution in [0.15, 0.2) is 30.9 Å². The molecule has 1 aromatic carbocycles. The molecule has 0 unspecified atom stereocenters. The third-order valence-electron chi connectivity index (χ3n) is 4.20. The Bertz CT molecular complexity index is 476. The second-order valence-electron chi connectivity index (χ2n) is 5.64. The Balaban J connectivity index is 1.86. The number of benzene rings is 1. The summed E-state index contributed by atoms with van der Waals surface area (Å²) in [5.41, 5.74) is 1.21. The van der Waals surface area contributed by atoms with E-state index in [9.17, 15) is 0 Å². The first-order chi connectivity index (χ1) is 10.8. The summed E-state index contributed by atoms with van der Waals surface area (Å²) in [5.74, 6) is 1.54. The molecule has 1 aliphatic rings. The van der Waals surface area contributed by atoms with Gasteiger partial charge in [-0.1, -0.05) is 25.6 Å². The van der Waals surface area contributed by atoms with Crippen molar-refractivity contribution in [2.45, 2.75) is 32.4 Å². The first kappa shape index (κ1) is 16.8. The van der Waals surface area contributed by atoms with E-state index in [1.54, 1.807) is 13.2 Å². The van der Waals surface area contributed by atoms with Crippen molar-refractivity contribution >= 4 is 0 Å². The minimum Gasteiger partial charge on any atom is -0.493 e.